The molecule has 2 aromatic rings. The molecule has 6 heteroatoms. The molecule has 2 rings (SSSR count). The molecule has 4 nitrogen and oxygen atoms in total. The number of nitrogen functional groups attached to an aromatic ring is 1. The van der Waals surface area contributed by atoms with Crippen LogP contribution in [0, 0.1) is 0 Å². The molecule has 0 unspecified atom stereocenters. The summed E-state index contributed by atoms with van der Waals surface area (Å²) in [7, 11) is -3.28. The van der Waals surface area contributed by atoms with Crippen molar-refractivity contribution in [3.8, 4) is 11.3 Å². The number of sulfone groups is 1. The summed E-state index contributed by atoms with van der Waals surface area (Å²) >= 11 is 1.02. The Balaban J connectivity index is 2.64. The van der Waals surface area contributed by atoms with Crippen molar-refractivity contribution in [2.45, 2.75) is 11.1 Å². The lowest BCUT2D eigenvalue weighted by Crippen LogP contribution is -2.02. The van der Waals surface area contributed by atoms with Gasteiger partial charge in [0, 0.05) is 5.56 Å². The smallest absolute Gasteiger partial charge is 0.189 e. The zero-order chi connectivity index (χ0) is 12.5. The number of rotatable bonds is 3. The van der Waals surface area contributed by atoms with Gasteiger partial charge >= 0.3 is 0 Å². The largest absolute Gasteiger partial charge is 0.375 e. The fourth-order valence-corrected chi connectivity index (χ4v) is 3.87. The van der Waals surface area contributed by atoms with Crippen molar-refractivity contribution in [3.63, 3.8) is 0 Å². The van der Waals surface area contributed by atoms with E-state index in [0.717, 1.165) is 16.9 Å². The predicted molar refractivity (Wildman–Crippen MR) is 69.7 cm³/mol. The first kappa shape index (κ1) is 12.1. The molecule has 1 aromatic carbocycles. The van der Waals surface area contributed by atoms with Gasteiger partial charge in [-0.3, -0.25) is 0 Å². The van der Waals surface area contributed by atoms with E-state index < -0.39 is 9.84 Å². The van der Waals surface area contributed by atoms with Crippen LogP contribution in [0.25, 0.3) is 11.3 Å². The van der Waals surface area contributed by atoms with Gasteiger partial charge in [-0.1, -0.05) is 48.6 Å². The molecule has 1 aromatic heterocycles. The van der Waals surface area contributed by atoms with Crippen LogP contribution in [0.5, 0.6) is 0 Å². The molecule has 0 fully saturated rings. The molecule has 0 aliphatic carbocycles. The normalized spacial score (nSPS) is 11.6. The second-order valence-electron chi connectivity index (χ2n) is 3.46. The van der Waals surface area contributed by atoms with E-state index in [1.807, 2.05) is 30.3 Å². The first-order valence-corrected chi connectivity index (χ1v) is 7.56. The maximum atomic E-state index is 11.9. The van der Waals surface area contributed by atoms with Crippen LogP contribution in [0.1, 0.15) is 6.92 Å². The van der Waals surface area contributed by atoms with Gasteiger partial charge in [-0.05, 0) is 0 Å². The third kappa shape index (κ3) is 2.32. The number of aromatic nitrogens is 1. The van der Waals surface area contributed by atoms with Gasteiger partial charge in [0.1, 0.15) is 9.90 Å². The molecule has 0 radical (unpaired) electrons. The fraction of sp³-hybridized carbons (Fsp3) is 0.182. The Morgan fingerprint density at radius 2 is 1.94 bits per heavy atom. The summed E-state index contributed by atoms with van der Waals surface area (Å²) in [5.41, 5.74) is 6.84. The lowest BCUT2D eigenvalue weighted by molar-refractivity contribution is 0.599. The van der Waals surface area contributed by atoms with Crippen molar-refractivity contribution in [3.05, 3.63) is 30.3 Å². The molecule has 0 aliphatic rings. The number of nitrogens with zero attached hydrogens (tertiary/aromatic N) is 1. The van der Waals surface area contributed by atoms with Gasteiger partial charge in [0.05, 0.1) is 5.75 Å². The average molecular weight is 268 g/mol. The molecule has 0 saturated heterocycles. The van der Waals surface area contributed by atoms with E-state index in [1.165, 1.54) is 0 Å². The van der Waals surface area contributed by atoms with Crippen molar-refractivity contribution in [1.29, 1.82) is 0 Å². The lowest BCUT2D eigenvalue weighted by atomic mass is 10.2. The lowest BCUT2D eigenvalue weighted by Gasteiger charge is -2.01. The molecule has 2 N–H and O–H groups in total. The van der Waals surface area contributed by atoms with E-state index in [9.17, 15) is 8.42 Å². The van der Waals surface area contributed by atoms with Crippen LogP contribution in [0.15, 0.2) is 34.5 Å². The Labute approximate surface area is 104 Å². The third-order valence-electron chi connectivity index (χ3n) is 2.32. The first-order chi connectivity index (χ1) is 8.04. The molecule has 0 bridgehead atoms. The molecule has 0 saturated carbocycles. The van der Waals surface area contributed by atoms with Crippen LogP contribution in [-0.2, 0) is 9.84 Å². The SMILES string of the molecule is CCS(=O)(=O)c1sc(N)nc1-c1ccccc1. The minimum Gasteiger partial charge on any atom is -0.375 e. The zero-order valence-corrected chi connectivity index (χ0v) is 10.9. The molecule has 90 valence electrons. The highest BCUT2D eigenvalue weighted by Gasteiger charge is 2.22. The van der Waals surface area contributed by atoms with Gasteiger partial charge < -0.3 is 5.73 Å². The van der Waals surface area contributed by atoms with Crippen LogP contribution in [0.4, 0.5) is 5.13 Å². The number of anilines is 1. The van der Waals surface area contributed by atoms with Gasteiger partial charge in [0.25, 0.3) is 0 Å². The van der Waals surface area contributed by atoms with Crippen LogP contribution in [-0.4, -0.2) is 19.2 Å². The highest BCUT2D eigenvalue weighted by atomic mass is 32.2. The summed E-state index contributed by atoms with van der Waals surface area (Å²) in [5, 5.41) is 0.274. The molecule has 17 heavy (non-hydrogen) atoms. The Hall–Kier alpha value is -1.40. The Morgan fingerprint density at radius 1 is 1.29 bits per heavy atom. The number of benzene rings is 1. The molecular formula is C11H12N2O2S2. The minimum absolute atomic E-state index is 0.0501. The molecule has 0 aliphatic heterocycles. The number of thiazole rings is 1. The van der Waals surface area contributed by atoms with Crippen molar-refractivity contribution >= 4 is 26.3 Å². The summed E-state index contributed by atoms with van der Waals surface area (Å²) < 4.78 is 24.1. The van der Waals surface area contributed by atoms with Gasteiger partial charge in [0.15, 0.2) is 15.0 Å². The number of hydrogen-bond acceptors (Lipinski definition) is 5. The monoisotopic (exact) mass is 268 g/mol. The molecule has 0 spiro atoms. The van der Waals surface area contributed by atoms with Crippen molar-refractivity contribution in [2.24, 2.45) is 0 Å². The number of nitrogens with two attached hydrogens (primary N) is 1. The highest BCUT2D eigenvalue weighted by molar-refractivity contribution is 7.93. The summed E-state index contributed by atoms with van der Waals surface area (Å²) in [4.78, 5) is 4.11. The van der Waals surface area contributed by atoms with Crippen LogP contribution < -0.4 is 5.73 Å². The quantitative estimate of drug-likeness (QED) is 0.926. The van der Waals surface area contributed by atoms with Gasteiger partial charge in [-0.15, -0.1) is 0 Å². The van der Waals surface area contributed by atoms with E-state index >= 15 is 0 Å². The Morgan fingerprint density at radius 3 is 2.53 bits per heavy atom. The van der Waals surface area contributed by atoms with Crippen LogP contribution in [0.3, 0.4) is 0 Å². The van der Waals surface area contributed by atoms with E-state index in [1.54, 1.807) is 6.92 Å². The Bertz CT molecular complexity index is 618. The van der Waals surface area contributed by atoms with Crippen LogP contribution >= 0.6 is 11.3 Å². The van der Waals surface area contributed by atoms with E-state index in [4.69, 9.17) is 5.73 Å². The molecule has 0 atom stereocenters. The predicted octanol–water partition coefficient (Wildman–Crippen LogP) is 2.19. The first-order valence-electron chi connectivity index (χ1n) is 5.09. The van der Waals surface area contributed by atoms with Crippen molar-refractivity contribution < 1.29 is 8.42 Å². The molecular weight excluding hydrogens is 256 g/mol. The zero-order valence-electron chi connectivity index (χ0n) is 9.25. The fourth-order valence-electron chi connectivity index (χ4n) is 1.44. The summed E-state index contributed by atoms with van der Waals surface area (Å²) in [5.74, 6) is 0.0501. The Kier molecular flexibility index (Phi) is 3.17. The van der Waals surface area contributed by atoms with Crippen LogP contribution in [0.2, 0.25) is 0 Å². The maximum absolute atomic E-state index is 11.9. The summed E-state index contributed by atoms with van der Waals surface area (Å²) in [6.45, 7) is 1.61. The summed E-state index contributed by atoms with van der Waals surface area (Å²) in [6, 6.07) is 9.19. The molecule has 1 heterocycles. The summed E-state index contributed by atoms with van der Waals surface area (Å²) in [6.07, 6.45) is 0. The van der Waals surface area contributed by atoms with Gasteiger partial charge in [0.2, 0.25) is 0 Å². The van der Waals surface area contributed by atoms with E-state index in [0.29, 0.717) is 5.69 Å². The topological polar surface area (TPSA) is 73.0 Å². The molecule has 0 amide bonds. The second kappa shape index (κ2) is 4.46. The van der Waals surface area contributed by atoms with Gasteiger partial charge in [-0.25, -0.2) is 13.4 Å². The van der Waals surface area contributed by atoms with Crippen molar-refractivity contribution in [1.82, 2.24) is 4.98 Å². The van der Waals surface area contributed by atoms with E-state index in [-0.39, 0.29) is 15.1 Å². The van der Waals surface area contributed by atoms with Crippen molar-refractivity contribution in [2.75, 3.05) is 11.5 Å². The minimum atomic E-state index is -3.28. The third-order valence-corrected chi connectivity index (χ3v) is 5.53. The average Bonchev–Trinajstić information content (AvgIpc) is 2.73. The second-order valence-corrected chi connectivity index (χ2v) is 6.96. The van der Waals surface area contributed by atoms with E-state index in [2.05, 4.69) is 4.98 Å². The van der Waals surface area contributed by atoms with Gasteiger partial charge in [-0.2, -0.15) is 0 Å². The maximum Gasteiger partial charge on any atom is 0.189 e. The highest BCUT2D eigenvalue weighted by Crippen LogP contribution is 2.33. The number of hydrogen-bond donors (Lipinski definition) is 1. The standard InChI is InChI=1S/C11H12N2O2S2/c1-2-17(14,15)10-9(13-11(12)16-10)8-6-4-3-5-7-8/h3-7H,2H2,1H3,(H2,12,13).